The van der Waals surface area contributed by atoms with Crippen LogP contribution in [-0.4, -0.2) is 47.6 Å². The van der Waals surface area contributed by atoms with Gasteiger partial charge in [0.05, 0.1) is 10.6 Å². The molecule has 0 saturated heterocycles. The molecule has 0 spiro atoms. The molecule has 6 nitrogen and oxygen atoms in total. The Morgan fingerprint density at radius 3 is 2.32 bits per heavy atom. The van der Waals surface area contributed by atoms with Gasteiger partial charge in [-0.3, -0.25) is 4.79 Å². The van der Waals surface area contributed by atoms with E-state index in [1.807, 2.05) is 0 Å². The first-order chi connectivity index (χ1) is 8.59. The van der Waals surface area contributed by atoms with Gasteiger partial charge in [0.1, 0.15) is 9.84 Å². The fraction of sp³-hybridized carbons (Fsp3) is 0.364. The zero-order valence-electron chi connectivity index (χ0n) is 10.6. The first kappa shape index (κ1) is 15.6. The lowest BCUT2D eigenvalue weighted by molar-refractivity contribution is 0.0956. The third kappa shape index (κ3) is 5.39. The molecule has 0 unspecified atom stereocenters. The summed E-state index contributed by atoms with van der Waals surface area (Å²) in [6.45, 7) is -0.0131. The van der Waals surface area contributed by atoms with Crippen molar-refractivity contribution in [2.45, 2.75) is 4.90 Å². The third-order valence-corrected chi connectivity index (χ3v) is 4.34. The summed E-state index contributed by atoms with van der Waals surface area (Å²) in [6.07, 6.45) is 2.12. The van der Waals surface area contributed by atoms with Crippen LogP contribution in [0.15, 0.2) is 29.2 Å². The summed E-state index contributed by atoms with van der Waals surface area (Å²) in [5.74, 6) is -0.668. The van der Waals surface area contributed by atoms with E-state index in [1.165, 1.54) is 24.3 Å². The number of amides is 1. The Hall–Kier alpha value is -1.41. The lowest BCUT2D eigenvalue weighted by Crippen LogP contribution is -2.28. The number of benzene rings is 1. The highest BCUT2D eigenvalue weighted by molar-refractivity contribution is 7.91. The van der Waals surface area contributed by atoms with Gasteiger partial charge in [-0.2, -0.15) is 0 Å². The maximum Gasteiger partial charge on any atom is 0.251 e. The van der Waals surface area contributed by atoms with Gasteiger partial charge in [0, 0.05) is 24.6 Å². The minimum Gasteiger partial charge on any atom is -0.351 e. The van der Waals surface area contributed by atoms with Crippen molar-refractivity contribution in [2.75, 3.05) is 24.8 Å². The van der Waals surface area contributed by atoms with Crippen molar-refractivity contribution >= 4 is 25.6 Å². The molecule has 0 heterocycles. The van der Waals surface area contributed by atoms with Gasteiger partial charge in [-0.1, -0.05) is 6.07 Å². The van der Waals surface area contributed by atoms with Crippen LogP contribution in [0.1, 0.15) is 10.4 Å². The predicted molar refractivity (Wildman–Crippen MR) is 71.6 cm³/mol. The quantitative estimate of drug-likeness (QED) is 0.817. The van der Waals surface area contributed by atoms with Crippen LogP contribution in [0.4, 0.5) is 0 Å². The van der Waals surface area contributed by atoms with E-state index < -0.39 is 25.6 Å². The zero-order chi connectivity index (χ0) is 14.7. The first-order valence-electron chi connectivity index (χ1n) is 5.36. The van der Waals surface area contributed by atoms with Crippen LogP contribution in [0.25, 0.3) is 0 Å². The second-order valence-electron chi connectivity index (χ2n) is 4.19. The van der Waals surface area contributed by atoms with Gasteiger partial charge in [0.15, 0.2) is 9.84 Å². The minimum absolute atomic E-state index is 0.0131. The summed E-state index contributed by atoms with van der Waals surface area (Å²) >= 11 is 0. The van der Waals surface area contributed by atoms with Crippen LogP contribution in [0.2, 0.25) is 0 Å². The summed E-state index contributed by atoms with van der Waals surface area (Å²) in [4.78, 5) is 11.8. The second-order valence-corrected chi connectivity index (χ2v) is 8.46. The number of hydrogen-bond acceptors (Lipinski definition) is 5. The molecule has 0 fully saturated rings. The largest absolute Gasteiger partial charge is 0.351 e. The van der Waals surface area contributed by atoms with Crippen LogP contribution in [-0.2, 0) is 19.7 Å². The van der Waals surface area contributed by atoms with Crippen LogP contribution in [0.5, 0.6) is 0 Å². The maximum absolute atomic E-state index is 11.7. The van der Waals surface area contributed by atoms with Crippen molar-refractivity contribution in [1.82, 2.24) is 5.32 Å². The fourth-order valence-corrected chi connectivity index (χ4v) is 2.46. The molecular weight excluding hydrogens is 290 g/mol. The fourth-order valence-electron chi connectivity index (χ4n) is 1.32. The second kappa shape index (κ2) is 5.70. The SMILES string of the molecule is CS(=O)(=O)CCNC(=O)c1cccc(S(C)(=O)=O)c1. The van der Waals surface area contributed by atoms with Crippen molar-refractivity contribution in [1.29, 1.82) is 0 Å². The Morgan fingerprint density at radius 2 is 1.79 bits per heavy atom. The lowest BCUT2D eigenvalue weighted by Gasteiger charge is -2.05. The van der Waals surface area contributed by atoms with Crippen molar-refractivity contribution in [3.8, 4) is 0 Å². The van der Waals surface area contributed by atoms with Crippen LogP contribution < -0.4 is 5.32 Å². The van der Waals surface area contributed by atoms with E-state index in [-0.39, 0.29) is 22.8 Å². The molecule has 1 amide bonds. The molecule has 0 aliphatic heterocycles. The van der Waals surface area contributed by atoms with Gasteiger partial charge in [-0.25, -0.2) is 16.8 Å². The highest BCUT2D eigenvalue weighted by Gasteiger charge is 2.12. The first-order valence-corrected chi connectivity index (χ1v) is 9.31. The number of rotatable bonds is 5. The molecular formula is C11H15NO5S2. The summed E-state index contributed by atoms with van der Waals surface area (Å²) in [6, 6.07) is 5.57. The van der Waals surface area contributed by atoms with Crippen molar-refractivity contribution < 1.29 is 21.6 Å². The lowest BCUT2D eigenvalue weighted by atomic mass is 10.2. The van der Waals surface area contributed by atoms with Crippen molar-refractivity contribution in [3.05, 3.63) is 29.8 Å². The Labute approximate surface area is 112 Å². The minimum atomic E-state index is -3.38. The standard InChI is InChI=1S/C11H15NO5S2/c1-18(14,15)7-6-12-11(13)9-4-3-5-10(8-9)19(2,16)17/h3-5,8H,6-7H2,1-2H3,(H,12,13). The number of hydrogen-bond donors (Lipinski definition) is 1. The van der Waals surface area contributed by atoms with Gasteiger partial charge in [-0.15, -0.1) is 0 Å². The summed E-state index contributed by atoms with van der Waals surface area (Å²) < 4.78 is 44.5. The molecule has 0 bridgehead atoms. The molecule has 0 aliphatic carbocycles. The summed E-state index contributed by atoms with van der Waals surface area (Å²) in [5.41, 5.74) is 0.177. The molecule has 1 rings (SSSR count). The molecule has 106 valence electrons. The van der Waals surface area contributed by atoms with Crippen LogP contribution >= 0.6 is 0 Å². The van der Waals surface area contributed by atoms with E-state index in [0.717, 1.165) is 12.5 Å². The van der Waals surface area contributed by atoms with Crippen molar-refractivity contribution in [3.63, 3.8) is 0 Å². The van der Waals surface area contributed by atoms with Crippen molar-refractivity contribution in [2.24, 2.45) is 0 Å². The Bertz CT molecular complexity index is 677. The van der Waals surface area contributed by atoms with E-state index in [9.17, 15) is 21.6 Å². The normalized spacial score (nSPS) is 12.1. The van der Waals surface area contributed by atoms with Gasteiger partial charge < -0.3 is 5.32 Å². The number of nitrogens with one attached hydrogen (secondary N) is 1. The van der Waals surface area contributed by atoms with E-state index in [0.29, 0.717) is 0 Å². The molecule has 0 aromatic heterocycles. The van der Waals surface area contributed by atoms with Crippen LogP contribution in [0.3, 0.4) is 0 Å². The summed E-state index contributed by atoms with van der Waals surface area (Å²) in [5, 5.41) is 2.42. The number of sulfone groups is 2. The van der Waals surface area contributed by atoms with Gasteiger partial charge in [0.2, 0.25) is 0 Å². The maximum atomic E-state index is 11.7. The van der Waals surface area contributed by atoms with Gasteiger partial charge in [-0.05, 0) is 18.2 Å². The smallest absolute Gasteiger partial charge is 0.251 e. The molecule has 1 aromatic rings. The molecule has 0 atom stereocenters. The van der Waals surface area contributed by atoms with E-state index in [1.54, 1.807) is 0 Å². The molecule has 1 aromatic carbocycles. The monoisotopic (exact) mass is 305 g/mol. The third-order valence-electron chi connectivity index (χ3n) is 2.28. The highest BCUT2D eigenvalue weighted by atomic mass is 32.2. The number of carbonyl (C=O) groups is 1. The van der Waals surface area contributed by atoms with Gasteiger partial charge >= 0.3 is 0 Å². The van der Waals surface area contributed by atoms with E-state index >= 15 is 0 Å². The molecule has 19 heavy (non-hydrogen) atoms. The molecule has 0 aliphatic rings. The molecule has 0 saturated carbocycles. The zero-order valence-corrected chi connectivity index (χ0v) is 12.2. The van der Waals surface area contributed by atoms with Gasteiger partial charge in [0.25, 0.3) is 5.91 Å². The van der Waals surface area contributed by atoms with Crippen LogP contribution in [0, 0.1) is 0 Å². The average molecular weight is 305 g/mol. The van der Waals surface area contributed by atoms with E-state index in [4.69, 9.17) is 0 Å². The Kier molecular flexibility index (Phi) is 4.70. The molecule has 1 N–H and O–H groups in total. The van der Waals surface area contributed by atoms with E-state index in [2.05, 4.69) is 5.32 Å². The number of carbonyl (C=O) groups excluding carboxylic acids is 1. The molecule has 0 radical (unpaired) electrons. The topological polar surface area (TPSA) is 97.4 Å². The Balaban J connectivity index is 2.79. The Morgan fingerprint density at radius 1 is 1.16 bits per heavy atom. The average Bonchev–Trinajstić information content (AvgIpc) is 2.26. The predicted octanol–water partition coefficient (Wildman–Crippen LogP) is -0.136. The highest BCUT2D eigenvalue weighted by Crippen LogP contribution is 2.11. The summed E-state index contributed by atoms with van der Waals surface area (Å²) in [7, 11) is -6.52. The molecule has 8 heteroatoms.